The average Bonchev–Trinajstić information content (AvgIpc) is 3.31. The van der Waals surface area contributed by atoms with E-state index >= 15 is 0 Å². The third-order valence-corrected chi connectivity index (χ3v) is 6.20. The Morgan fingerprint density at radius 2 is 1.84 bits per heavy atom. The monoisotopic (exact) mass is 500 g/mol. The molecule has 0 bridgehead atoms. The number of aromatic carboxylic acids is 1. The number of nitrogens with zero attached hydrogens (tertiary/aromatic N) is 6. The molecule has 0 radical (unpaired) electrons. The Morgan fingerprint density at radius 1 is 0.973 bits per heavy atom. The molecule has 1 fully saturated rings. The SMILES string of the molecule is O=C([O-])c1cccc2nc(/C=C/c3nc4c(N5CCOCC5)ccnn4c3-c3cccnc3)ccc12.[Na+]. The van der Waals surface area contributed by atoms with Gasteiger partial charge in [0.25, 0.3) is 0 Å². The van der Waals surface area contributed by atoms with Gasteiger partial charge in [0.1, 0.15) is 5.69 Å². The number of fused-ring (bicyclic) bond motifs is 2. The van der Waals surface area contributed by atoms with Crippen molar-refractivity contribution >= 4 is 40.4 Å². The summed E-state index contributed by atoms with van der Waals surface area (Å²) >= 11 is 0. The molecule has 6 rings (SSSR count). The van der Waals surface area contributed by atoms with E-state index in [0.717, 1.165) is 41.4 Å². The second kappa shape index (κ2) is 10.8. The van der Waals surface area contributed by atoms with Crippen LogP contribution in [0.1, 0.15) is 21.7 Å². The summed E-state index contributed by atoms with van der Waals surface area (Å²) in [6, 6.07) is 14.3. The van der Waals surface area contributed by atoms with E-state index in [-0.39, 0.29) is 35.1 Å². The first kappa shape index (κ1) is 25.0. The second-order valence-electron chi connectivity index (χ2n) is 8.37. The summed E-state index contributed by atoms with van der Waals surface area (Å²) in [4.78, 5) is 27.6. The summed E-state index contributed by atoms with van der Waals surface area (Å²) in [6.45, 7) is 2.92. The Hall–Kier alpha value is -3.63. The van der Waals surface area contributed by atoms with Crippen LogP contribution < -0.4 is 39.6 Å². The molecule has 0 N–H and O–H groups in total. The molecule has 9 nitrogen and oxygen atoms in total. The Balaban J connectivity index is 0.00000280. The third kappa shape index (κ3) is 4.86. The number of aromatic nitrogens is 5. The predicted molar refractivity (Wildman–Crippen MR) is 134 cm³/mol. The van der Waals surface area contributed by atoms with Gasteiger partial charge in [-0.3, -0.25) is 4.98 Å². The van der Waals surface area contributed by atoms with Crippen LogP contribution in [0.15, 0.2) is 67.1 Å². The van der Waals surface area contributed by atoms with Gasteiger partial charge in [0.15, 0.2) is 5.65 Å². The molecule has 1 aliphatic heterocycles. The van der Waals surface area contributed by atoms with Crippen molar-refractivity contribution in [1.29, 1.82) is 0 Å². The largest absolute Gasteiger partial charge is 1.00 e. The molecular formula is C27H21N6NaO3. The first-order valence-electron chi connectivity index (χ1n) is 11.6. The van der Waals surface area contributed by atoms with Crippen molar-refractivity contribution in [3.63, 3.8) is 0 Å². The summed E-state index contributed by atoms with van der Waals surface area (Å²) in [5.74, 6) is -1.22. The van der Waals surface area contributed by atoms with E-state index in [4.69, 9.17) is 9.72 Å². The summed E-state index contributed by atoms with van der Waals surface area (Å²) in [5, 5.41) is 16.6. The van der Waals surface area contributed by atoms with Gasteiger partial charge in [0, 0.05) is 42.0 Å². The maximum Gasteiger partial charge on any atom is 1.00 e. The number of hydrogen-bond donors (Lipinski definition) is 0. The standard InChI is InChI=1S/C27H22N6O3.Na/c34-27(35)21-4-1-5-22-20(21)8-6-19(30-22)7-9-23-25(18-3-2-11-28-17-18)33-26(31-23)24(10-12-29-33)32-13-15-36-16-14-32;/h1-12,17H,13-16H2,(H,34,35);/q;+1/p-1/b9-7+;. The molecule has 0 spiro atoms. The minimum absolute atomic E-state index is 0. The number of ether oxygens (including phenoxy) is 1. The quantitative estimate of drug-likeness (QED) is 0.303. The van der Waals surface area contributed by atoms with Crippen LogP contribution in [0, 0.1) is 0 Å². The van der Waals surface area contributed by atoms with E-state index in [2.05, 4.69) is 20.0 Å². The van der Waals surface area contributed by atoms with Gasteiger partial charge in [0.05, 0.1) is 48.0 Å². The number of pyridine rings is 2. The number of anilines is 1. The summed E-state index contributed by atoms with van der Waals surface area (Å²) in [6.07, 6.45) is 9.07. The molecule has 1 saturated heterocycles. The van der Waals surface area contributed by atoms with Crippen LogP contribution in [0.2, 0.25) is 0 Å². The van der Waals surface area contributed by atoms with E-state index in [1.54, 1.807) is 42.9 Å². The minimum atomic E-state index is -1.22. The number of rotatable bonds is 5. The number of benzene rings is 1. The molecule has 0 unspecified atom stereocenters. The van der Waals surface area contributed by atoms with Gasteiger partial charge in [-0.05, 0) is 42.5 Å². The molecule has 1 aliphatic rings. The van der Waals surface area contributed by atoms with E-state index in [1.807, 2.05) is 34.9 Å². The summed E-state index contributed by atoms with van der Waals surface area (Å²) in [5.41, 5.74) is 5.56. The van der Waals surface area contributed by atoms with E-state index in [0.29, 0.717) is 29.8 Å². The van der Waals surface area contributed by atoms with Crippen LogP contribution in [-0.4, -0.2) is 56.8 Å². The number of hydrogen-bond acceptors (Lipinski definition) is 8. The number of carbonyl (C=O) groups is 1. The molecular weight excluding hydrogens is 479 g/mol. The number of carbonyl (C=O) groups excluding carboxylic acids is 1. The minimum Gasteiger partial charge on any atom is -0.545 e. The molecule has 0 atom stereocenters. The zero-order chi connectivity index (χ0) is 24.5. The average molecular weight is 500 g/mol. The van der Waals surface area contributed by atoms with Crippen molar-refractivity contribution in [2.75, 3.05) is 31.2 Å². The summed E-state index contributed by atoms with van der Waals surface area (Å²) < 4.78 is 7.37. The number of carboxylic acid groups (broad SMARTS) is 1. The zero-order valence-electron chi connectivity index (χ0n) is 20.2. The van der Waals surface area contributed by atoms with Crippen molar-refractivity contribution in [3.05, 3.63) is 84.1 Å². The maximum absolute atomic E-state index is 11.4. The number of morpholine rings is 1. The Morgan fingerprint density at radius 3 is 2.62 bits per heavy atom. The predicted octanol–water partition coefficient (Wildman–Crippen LogP) is -0.286. The van der Waals surface area contributed by atoms with Crippen LogP contribution in [0.3, 0.4) is 0 Å². The van der Waals surface area contributed by atoms with Crippen LogP contribution in [-0.2, 0) is 4.74 Å². The Labute approximate surface area is 234 Å². The van der Waals surface area contributed by atoms with Gasteiger partial charge in [-0.25, -0.2) is 14.5 Å². The summed E-state index contributed by atoms with van der Waals surface area (Å²) in [7, 11) is 0. The fraction of sp³-hybridized carbons (Fsp3) is 0.148. The van der Waals surface area contributed by atoms with Crippen molar-refractivity contribution in [1.82, 2.24) is 24.6 Å². The van der Waals surface area contributed by atoms with Gasteiger partial charge >= 0.3 is 29.6 Å². The second-order valence-corrected chi connectivity index (χ2v) is 8.37. The van der Waals surface area contributed by atoms with Crippen molar-refractivity contribution < 1.29 is 44.2 Å². The van der Waals surface area contributed by atoms with Gasteiger partial charge in [-0.15, -0.1) is 0 Å². The smallest absolute Gasteiger partial charge is 0.545 e. The first-order chi connectivity index (χ1) is 17.7. The molecule has 0 amide bonds. The molecule has 5 aromatic rings. The van der Waals surface area contributed by atoms with Crippen molar-refractivity contribution in [3.8, 4) is 11.3 Å². The van der Waals surface area contributed by atoms with Crippen molar-refractivity contribution in [2.45, 2.75) is 0 Å². The maximum atomic E-state index is 11.4. The van der Waals surface area contributed by atoms with Crippen LogP contribution in [0.5, 0.6) is 0 Å². The van der Waals surface area contributed by atoms with Crippen LogP contribution >= 0.6 is 0 Å². The van der Waals surface area contributed by atoms with Crippen molar-refractivity contribution in [2.24, 2.45) is 0 Å². The van der Waals surface area contributed by atoms with E-state index in [1.165, 1.54) is 6.07 Å². The molecule has 4 aromatic heterocycles. The molecule has 5 heterocycles. The van der Waals surface area contributed by atoms with Gasteiger partial charge in [0.2, 0.25) is 0 Å². The van der Waals surface area contributed by atoms with E-state index < -0.39 is 5.97 Å². The molecule has 178 valence electrons. The third-order valence-electron chi connectivity index (χ3n) is 6.20. The van der Waals surface area contributed by atoms with Crippen LogP contribution in [0.25, 0.3) is 40.0 Å². The van der Waals surface area contributed by atoms with E-state index in [9.17, 15) is 9.90 Å². The molecule has 10 heteroatoms. The normalized spacial score (nSPS) is 13.8. The van der Waals surface area contributed by atoms with Crippen LogP contribution in [0.4, 0.5) is 5.69 Å². The Bertz CT molecular complexity index is 1610. The molecule has 37 heavy (non-hydrogen) atoms. The topological polar surface area (TPSA) is 109 Å². The Kier molecular flexibility index (Phi) is 7.29. The molecule has 0 saturated carbocycles. The van der Waals surface area contributed by atoms with Gasteiger partial charge < -0.3 is 19.5 Å². The zero-order valence-corrected chi connectivity index (χ0v) is 22.2. The molecule has 1 aromatic carbocycles. The number of imidazole rings is 1. The fourth-order valence-electron chi connectivity index (χ4n) is 4.50. The number of carboxylic acids is 1. The molecule has 0 aliphatic carbocycles. The van der Waals surface area contributed by atoms with Gasteiger partial charge in [-0.1, -0.05) is 18.2 Å². The first-order valence-corrected chi connectivity index (χ1v) is 11.6. The fourth-order valence-corrected chi connectivity index (χ4v) is 4.50. The van der Waals surface area contributed by atoms with Gasteiger partial charge in [-0.2, -0.15) is 5.10 Å².